The van der Waals surface area contributed by atoms with Gasteiger partial charge in [0.1, 0.15) is 17.1 Å². The first-order chi connectivity index (χ1) is 8.86. The third-order valence-corrected chi connectivity index (χ3v) is 3.23. The zero-order valence-corrected chi connectivity index (χ0v) is 14.1. The van der Waals surface area contributed by atoms with Gasteiger partial charge in [-0.25, -0.2) is 0 Å². The quantitative estimate of drug-likeness (QED) is 0.796. The van der Waals surface area contributed by atoms with Crippen molar-refractivity contribution in [2.24, 2.45) is 5.41 Å². The molecule has 0 aromatic heterocycles. The molecule has 0 heterocycles. The van der Waals surface area contributed by atoms with Crippen molar-refractivity contribution in [2.45, 2.75) is 66.4 Å². The molecule has 2 heteroatoms. The minimum atomic E-state index is -0.569. The summed E-state index contributed by atoms with van der Waals surface area (Å²) in [5, 5.41) is 0. The van der Waals surface area contributed by atoms with E-state index in [0.29, 0.717) is 0 Å². The molecular weight excluding hydrogens is 248 g/mol. The summed E-state index contributed by atoms with van der Waals surface area (Å²) in [5.41, 5.74) is -0.273. The number of ketones is 1. The van der Waals surface area contributed by atoms with Crippen LogP contribution in [0.15, 0.2) is 24.3 Å². The highest BCUT2D eigenvalue weighted by Gasteiger charge is 2.39. The predicted octanol–water partition coefficient (Wildman–Crippen LogP) is 4.76. The van der Waals surface area contributed by atoms with E-state index in [-0.39, 0.29) is 16.8 Å². The van der Waals surface area contributed by atoms with E-state index in [2.05, 4.69) is 0 Å². The number of para-hydroxylation sites is 1. The van der Waals surface area contributed by atoms with Crippen LogP contribution in [0.5, 0.6) is 5.75 Å². The zero-order chi connectivity index (χ0) is 15.8. The second kappa shape index (κ2) is 5.23. The van der Waals surface area contributed by atoms with Crippen LogP contribution < -0.4 is 4.74 Å². The van der Waals surface area contributed by atoms with Crippen molar-refractivity contribution in [3.05, 3.63) is 29.8 Å². The highest BCUT2D eigenvalue weighted by atomic mass is 16.5. The van der Waals surface area contributed by atoms with Gasteiger partial charge in [-0.1, -0.05) is 39.0 Å². The fourth-order valence-electron chi connectivity index (χ4n) is 2.46. The third-order valence-electron chi connectivity index (χ3n) is 3.23. The van der Waals surface area contributed by atoms with Gasteiger partial charge in [-0.05, 0) is 40.7 Å². The molecule has 1 rings (SSSR count). The van der Waals surface area contributed by atoms with Crippen molar-refractivity contribution in [2.75, 3.05) is 0 Å². The SMILES string of the molecule is CC(C)(C)Oc1ccccc1C(C)(C)C(=O)C(C)(C)C. The maximum absolute atomic E-state index is 12.7. The lowest BCUT2D eigenvalue weighted by Gasteiger charge is -2.34. The minimum absolute atomic E-state index is 0.218. The van der Waals surface area contributed by atoms with Crippen molar-refractivity contribution < 1.29 is 9.53 Å². The number of benzene rings is 1. The maximum Gasteiger partial charge on any atom is 0.148 e. The Morgan fingerprint density at radius 3 is 1.85 bits per heavy atom. The van der Waals surface area contributed by atoms with Gasteiger partial charge >= 0.3 is 0 Å². The zero-order valence-electron chi connectivity index (χ0n) is 14.1. The van der Waals surface area contributed by atoms with Crippen LogP contribution in [0.3, 0.4) is 0 Å². The molecule has 0 N–H and O–H groups in total. The Morgan fingerprint density at radius 1 is 0.900 bits per heavy atom. The summed E-state index contributed by atoms with van der Waals surface area (Å²) in [6.45, 7) is 15.9. The van der Waals surface area contributed by atoms with Gasteiger partial charge in [0.2, 0.25) is 0 Å². The topological polar surface area (TPSA) is 26.3 Å². The number of carbonyl (C=O) groups is 1. The van der Waals surface area contributed by atoms with Gasteiger partial charge < -0.3 is 4.74 Å². The number of rotatable bonds is 3. The Hall–Kier alpha value is -1.31. The number of ether oxygens (including phenoxy) is 1. The Bertz CT molecular complexity index is 485. The molecule has 0 atom stereocenters. The lowest BCUT2D eigenvalue weighted by atomic mass is 9.70. The van der Waals surface area contributed by atoms with Gasteiger partial charge in [0.25, 0.3) is 0 Å². The molecule has 112 valence electrons. The number of Topliss-reactive ketones (excluding diaryl/α,β-unsaturated/α-hetero) is 1. The van der Waals surface area contributed by atoms with E-state index < -0.39 is 5.41 Å². The molecule has 1 aromatic rings. The lowest BCUT2D eigenvalue weighted by molar-refractivity contribution is -0.131. The van der Waals surface area contributed by atoms with E-state index >= 15 is 0 Å². The molecule has 20 heavy (non-hydrogen) atoms. The van der Waals surface area contributed by atoms with Crippen LogP contribution in [0.25, 0.3) is 0 Å². The average Bonchev–Trinajstić information content (AvgIpc) is 2.25. The first-order valence-corrected chi connectivity index (χ1v) is 7.19. The van der Waals surface area contributed by atoms with Crippen LogP contribution in [0.4, 0.5) is 0 Å². The van der Waals surface area contributed by atoms with Crippen molar-refractivity contribution in [3.63, 3.8) is 0 Å². The van der Waals surface area contributed by atoms with Gasteiger partial charge in [-0.15, -0.1) is 0 Å². The summed E-state index contributed by atoms with van der Waals surface area (Å²) in [6, 6.07) is 7.84. The van der Waals surface area contributed by atoms with E-state index in [1.165, 1.54) is 0 Å². The van der Waals surface area contributed by atoms with Crippen LogP contribution >= 0.6 is 0 Å². The predicted molar refractivity (Wildman–Crippen MR) is 84.3 cm³/mol. The summed E-state index contributed by atoms with van der Waals surface area (Å²) < 4.78 is 6.03. The molecule has 0 radical (unpaired) electrons. The molecule has 0 spiro atoms. The van der Waals surface area contributed by atoms with E-state index in [0.717, 1.165) is 11.3 Å². The van der Waals surface area contributed by atoms with Crippen LogP contribution in [0.1, 0.15) is 61.0 Å². The van der Waals surface area contributed by atoms with Crippen LogP contribution in [0.2, 0.25) is 0 Å². The Morgan fingerprint density at radius 2 is 1.40 bits per heavy atom. The molecule has 1 aromatic carbocycles. The smallest absolute Gasteiger partial charge is 0.148 e. The van der Waals surface area contributed by atoms with Gasteiger partial charge in [0.15, 0.2) is 0 Å². The number of hydrogen-bond donors (Lipinski definition) is 0. The maximum atomic E-state index is 12.7. The fourth-order valence-corrected chi connectivity index (χ4v) is 2.46. The second-order valence-electron chi connectivity index (χ2n) is 7.91. The fraction of sp³-hybridized carbons (Fsp3) is 0.611. The monoisotopic (exact) mass is 276 g/mol. The molecular formula is C18H28O2. The van der Waals surface area contributed by atoms with Crippen LogP contribution in [-0.2, 0) is 10.2 Å². The molecule has 0 bridgehead atoms. The van der Waals surface area contributed by atoms with Crippen molar-refractivity contribution >= 4 is 5.78 Å². The standard InChI is InChI=1S/C18H28O2/c1-16(2,3)15(19)18(7,8)13-11-9-10-12-14(13)20-17(4,5)6/h9-12H,1-8H3. The highest BCUT2D eigenvalue weighted by Crippen LogP contribution is 2.38. The van der Waals surface area contributed by atoms with E-state index in [1.807, 2.05) is 79.7 Å². The van der Waals surface area contributed by atoms with Crippen LogP contribution in [-0.4, -0.2) is 11.4 Å². The number of hydrogen-bond acceptors (Lipinski definition) is 2. The second-order valence-corrected chi connectivity index (χ2v) is 7.91. The van der Waals surface area contributed by atoms with E-state index in [9.17, 15) is 4.79 Å². The molecule has 0 fully saturated rings. The number of carbonyl (C=O) groups excluding carboxylic acids is 1. The van der Waals surface area contributed by atoms with Gasteiger partial charge in [0, 0.05) is 11.0 Å². The Labute approximate surface area is 123 Å². The Kier molecular flexibility index (Phi) is 4.38. The van der Waals surface area contributed by atoms with E-state index in [1.54, 1.807) is 0 Å². The summed E-state index contributed by atoms with van der Waals surface area (Å²) in [4.78, 5) is 12.7. The van der Waals surface area contributed by atoms with E-state index in [4.69, 9.17) is 4.74 Å². The summed E-state index contributed by atoms with van der Waals surface area (Å²) >= 11 is 0. The lowest BCUT2D eigenvalue weighted by Crippen LogP contribution is -2.39. The van der Waals surface area contributed by atoms with Gasteiger partial charge in [0.05, 0.1) is 5.41 Å². The summed E-state index contributed by atoms with van der Waals surface area (Å²) in [6.07, 6.45) is 0. The molecule has 0 aliphatic heterocycles. The molecule has 2 nitrogen and oxygen atoms in total. The molecule has 0 aliphatic rings. The van der Waals surface area contributed by atoms with Gasteiger partial charge in [-0.2, -0.15) is 0 Å². The first-order valence-electron chi connectivity index (χ1n) is 7.19. The average molecular weight is 276 g/mol. The van der Waals surface area contributed by atoms with Crippen molar-refractivity contribution in [1.82, 2.24) is 0 Å². The molecule has 0 saturated heterocycles. The summed E-state index contributed by atoms with van der Waals surface area (Å²) in [7, 11) is 0. The normalized spacial score (nSPS) is 13.2. The summed E-state index contributed by atoms with van der Waals surface area (Å²) in [5.74, 6) is 1.01. The molecule has 0 amide bonds. The molecule has 0 saturated carbocycles. The highest BCUT2D eigenvalue weighted by molar-refractivity contribution is 5.94. The first kappa shape index (κ1) is 16.7. The Balaban J connectivity index is 3.29. The minimum Gasteiger partial charge on any atom is -0.488 e. The van der Waals surface area contributed by atoms with Gasteiger partial charge in [-0.3, -0.25) is 4.79 Å². The third kappa shape index (κ3) is 3.84. The molecule has 0 aliphatic carbocycles. The van der Waals surface area contributed by atoms with Crippen LogP contribution in [0, 0.1) is 5.41 Å². The largest absolute Gasteiger partial charge is 0.488 e. The van der Waals surface area contributed by atoms with Crippen molar-refractivity contribution in [3.8, 4) is 5.75 Å². The molecule has 0 unspecified atom stereocenters. The van der Waals surface area contributed by atoms with Crippen molar-refractivity contribution in [1.29, 1.82) is 0 Å².